The third-order valence-electron chi connectivity index (χ3n) is 3.32. The van der Waals surface area contributed by atoms with E-state index in [2.05, 4.69) is 11.4 Å². The maximum atomic E-state index is 13.4. The van der Waals surface area contributed by atoms with Gasteiger partial charge in [-0.3, -0.25) is 4.79 Å². The van der Waals surface area contributed by atoms with Crippen molar-refractivity contribution in [3.05, 3.63) is 30.1 Å². The van der Waals surface area contributed by atoms with Crippen molar-refractivity contribution in [2.24, 2.45) is 5.92 Å². The SMILES string of the molecule is N#CC(NC(=O)CCSc1ccccc1F)C1CCOC1. The number of hydrogen-bond donors (Lipinski definition) is 1. The van der Waals surface area contributed by atoms with E-state index in [-0.39, 0.29) is 24.1 Å². The fraction of sp³-hybridized carbons (Fsp3) is 0.467. The molecule has 112 valence electrons. The van der Waals surface area contributed by atoms with Gasteiger partial charge in [0.1, 0.15) is 11.9 Å². The molecule has 0 aliphatic carbocycles. The zero-order valence-electron chi connectivity index (χ0n) is 11.5. The molecule has 1 N–H and O–H groups in total. The molecule has 2 unspecified atom stereocenters. The van der Waals surface area contributed by atoms with Gasteiger partial charge in [-0.05, 0) is 18.6 Å². The second kappa shape index (κ2) is 8.01. The number of nitrogens with zero attached hydrogens (tertiary/aromatic N) is 1. The average molecular weight is 308 g/mol. The van der Waals surface area contributed by atoms with E-state index in [4.69, 9.17) is 10.00 Å². The van der Waals surface area contributed by atoms with Crippen LogP contribution in [0.1, 0.15) is 12.8 Å². The molecule has 2 rings (SSSR count). The Morgan fingerprint density at radius 1 is 1.57 bits per heavy atom. The second-order valence-electron chi connectivity index (χ2n) is 4.83. The Morgan fingerprint density at radius 3 is 3.05 bits per heavy atom. The summed E-state index contributed by atoms with van der Waals surface area (Å²) in [5.74, 6) is 0.0860. The number of hydrogen-bond acceptors (Lipinski definition) is 4. The molecule has 21 heavy (non-hydrogen) atoms. The zero-order chi connectivity index (χ0) is 15.1. The molecule has 2 atom stereocenters. The highest BCUT2D eigenvalue weighted by Crippen LogP contribution is 2.22. The van der Waals surface area contributed by atoms with Gasteiger partial charge in [-0.1, -0.05) is 12.1 Å². The average Bonchev–Trinajstić information content (AvgIpc) is 3.01. The van der Waals surface area contributed by atoms with Crippen molar-refractivity contribution in [1.29, 1.82) is 5.26 Å². The summed E-state index contributed by atoms with van der Waals surface area (Å²) in [6.45, 7) is 1.16. The molecule has 1 aromatic rings. The number of nitriles is 1. The number of nitrogens with one attached hydrogen (secondary N) is 1. The summed E-state index contributed by atoms with van der Waals surface area (Å²) in [7, 11) is 0. The summed E-state index contributed by atoms with van der Waals surface area (Å²) in [5.41, 5.74) is 0. The van der Waals surface area contributed by atoms with Gasteiger partial charge in [-0.25, -0.2) is 4.39 Å². The van der Waals surface area contributed by atoms with Crippen LogP contribution in [-0.2, 0) is 9.53 Å². The molecule has 6 heteroatoms. The summed E-state index contributed by atoms with van der Waals surface area (Å²) in [6.07, 6.45) is 1.05. The first kappa shape index (κ1) is 15.8. The third-order valence-corrected chi connectivity index (χ3v) is 4.37. The quantitative estimate of drug-likeness (QED) is 0.820. The number of carbonyl (C=O) groups excluding carboxylic acids is 1. The van der Waals surface area contributed by atoms with Gasteiger partial charge in [0.25, 0.3) is 0 Å². The van der Waals surface area contributed by atoms with E-state index in [9.17, 15) is 9.18 Å². The van der Waals surface area contributed by atoms with Crippen molar-refractivity contribution in [2.45, 2.75) is 23.8 Å². The van der Waals surface area contributed by atoms with E-state index >= 15 is 0 Å². The fourth-order valence-corrected chi connectivity index (χ4v) is 3.02. The van der Waals surface area contributed by atoms with Gasteiger partial charge >= 0.3 is 0 Å². The lowest BCUT2D eigenvalue weighted by molar-refractivity contribution is -0.121. The Labute approximate surface area is 127 Å². The van der Waals surface area contributed by atoms with Crippen LogP contribution in [0.4, 0.5) is 4.39 Å². The number of benzene rings is 1. The Hall–Kier alpha value is -1.58. The fourth-order valence-electron chi connectivity index (χ4n) is 2.13. The Kier molecular flexibility index (Phi) is 6.03. The highest BCUT2D eigenvalue weighted by atomic mass is 32.2. The van der Waals surface area contributed by atoms with Gasteiger partial charge in [0.05, 0.1) is 12.7 Å². The van der Waals surface area contributed by atoms with E-state index in [1.807, 2.05) is 0 Å². The third kappa shape index (κ3) is 4.73. The van der Waals surface area contributed by atoms with Gasteiger partial charge < -0.3 is 10.1 Å². The van der Waals surface area contributed by atoms with Gasteiger partial charge in [0.15, 0.2) is 0 Å². The molecule has 0 aromatic heterocycles. The number of rotatable bonds is 6. The minimum Gasteiger partial charge on any atom is -0.381 e. The van der Waals surface area contributed by atoms with Crippen LogP contribution in [0.15, 0.2) is 29.2 Å². The summed E-state index contributed by atoms with van der Waals surface area (Å²) >= 11 is 1.30. The highest BCUT2D eigenvalue weighted by Gasteiger charge is 2.26. The standard InChI is InChI=1S/C15H17FN2O2S/c16-12-3-1-2-4-14(12)21-8-6-15(19)18-13(9-17)11-5-7-20-10-11/h1-4,11,13H,5-8,10H2,(H,18,19). The van der Waals surface area contributed by atoms with Crippen molar-refractivity contribution in [3.63, 3.8) is 0 Å². The molecule has 0 radical (unpaired) electrons. The first-order valence-corrected chi connectivity index (χ1v) is 7.83. The number of amides is 1. The first-order chi connectivity index (χ1) is 10.2. The molecule has 0 bridgehead atoms. The maximum absolute atomic E-state index is 13.4. The van der Waals surface area contributed by atoms with E-state index in [0.29, 0.717) is 23.9 Å². The van der Waals surface area contributed by atoms with Crippen LogP contribution < -0.4 is 5.32 Å². The minimum absolute atomic E-state index is 0.0678. The Morgan fingerprint density at radius 2 is 2.38 bits per heavy atom. The van der Waals surface area contributed by atoms with Gasteiger partial charge in [0.2, 0.25) is 5.91 Å². The van der Waals surface area contributed by atoms with E-state index in [0.717, 1.165) is 6.42 Å². The molecule has 4 nitrogen and oxygen atoms in total. The van der Waals surface area contributed by atoms with E-state index < -0.39 is 6.04 Å². The number of halogens is 1. The Balaban J connectivity index is 1.74. The molecule has 1 aliphatic rings. The molecule has 1 heterocycles. The summed E-state index contributed by atoms with van der Waals surface area (Å²) < 4.78 is 18.6. The Bertz CT molecular complexity index is 527. The molecule has 1 aliphatic heterocycles. The molecule has 1 saturated heterocycles. The van der Waals surface area contributed by atoms with Crippen molar-refractivity contribution in [1.82, 2.24) is 5.32 Å². The van der Waals surface area contributed by atoms with Crippen LogP contribution in [-0.4, -0.2) is 30.9 Å². The summed E-state index contributed by atoms with van der Waals surface area (Å²) in [4.78, 5) is 12.4. The lowest BCUT2D eigenvalue weighted by Gasteiger charge is -2.16. The van der Waals surface area contributed by atoms with Crippen molar-refractivity contribution in [3.8, 4) is 6.07 Å². The number of carbonyl (C=O) groups is 1. The van der Waals surface area contributed by atoms with E-state index in [1.165, 1.54) is 17.8 Å². The first-order valence-electron chi connectivity index (χ1n) is 6.84. The second-order valence-corrected chi connectivity index (χ2v) is 5.96. The molecule has 1 fully saturated rings. The maximum Gasteiger partial charge on any atom is 0.221 e. The van der Waals surface area contributed by atoms with Gasteiger partial charge in [0, 0.05) is 29.6 Å². The molecular formula is C15H17FN2O2S. The topological polar surface area (TPSA) is 62.1 Å². The monoisotopic (exact) mass is 308 g/mol. The normalized spacial score (nSPS) is 19.0. The summed E-state index contributed by atoms with van der Waals surface area (Å²) in [5, 5.41) is 11.8. The molecule has 1 aromatic carbocycles. The largest absolute Gasteiger partial charge is 0.381 e. The van der Waals surface area contributed by atoms with Crippen LogP contribution >= 0.6 is 11.8 Å². The van der Waals surface area contributed by atoms with Crippen LogP contribution in [0.5, 0.6) is 0 Å². The minimum atomic E-state index is -0.501. The summed E-state index contributed by atoms with van der Waals surface area (Å²) in [6, 6.07) is 8.09. The molecule has 0 spiro atoms. The lowest BCUT2D eigenvalue weighted by atomic mass is 10.0. The van der Waals surface area contributed by atoms with E-state index in [1.54, 1.807) is 18.2 Å². The van der Waals surface area contributed by atoms with Crippen LogP contribution in [0.2, 0.25) is 0 Å². The van der Waals surface area contributed by atoms with Crippen LogP contribution in [0.3, 0.4) is 0 Å². The van der Waals surface area contributed by atoms with Crippen molar-refractivity contribution < 1.29 is 13.9 Å². The lowest BCUT2D eigenvalue weighted by Crippen LogP contribution is -2.39. The zero-order valence-corrected chi connectivity index (χ0v) is 12.4. The predicted octanol–water partition coefficient (Wildman–Crippen LogP) is 2.35. The number of ether oxygens (including phenoxy) is 1. The van der Waals surface area contributed by atoms with Gasteiger partial charge in [-0.15, -0.1) is 11.8 Å². The van der Waals surface area contributed by atoms with Gasteiger partial charge in [-0.2, -0.15) is 5.26 Å². The van der Waals surface area contributed by atoms with Crippen LogP contribution in [0, 0.1) is 23.1 Å². The van der Waals surface area contributed by atoms with Crippen molar-refractivity contribution >= 4 is 17.7 Å². The molecule has 0 saturated carbocycles. The highest BCUT2D eigenvalue weighted by molar-refractivity contribution is 7.99. The smallest absolute Gasteiger partial charge is 0.221 e. The molecule has 1 amide bonds. The predicted molar refractivity (Wildman–Crippen MR) is 78.2 cm³/mol. The van der Waals surface area contributed by atoms with Crippen LogP contribution in [0.25, 0.3) is 0 Å². The molecular weight excluding hydrogens is 291 g/mol. The number of thioether (sulfide) groups is 1. The van der Waals surface area contributed by atoms with Crippen molar-refractivity contribution in [2.75, 3.05) is 19.0 Å².